The van der Waals surface area contributed by atoms with Gasteiger partial charge in [0.1, 0.15) is 17.2 Å². The van der Waals surface area contributed by atoms with E-state index in [9.17, 15) is 9.59 Å². The highest BCUT2D eigenvalue weighted by Crippen LogP contribution is 2.42. The molecule has 29 heavy (non-hydrogen) atoms. The molecule has 144 valence electrons. The lowest BCUT2D eigenvalue weighted by Crippen LogP contribution is -2.29. The number of nitrogens with one attached hydrogen (secondary N) is 1. The third-order valence-electron chi connectivity index (χ3n) is 4.46. The van der Waals surface area contributed by atoms with Crippen molar-refractivity contribution < 1.29 is 19.1 Å². The van der Waals surface area contributed by atoms with Gasteiger partial charge in [-0.05, 0) is 49.4 Å². The summed E-state index contributed by atoms with van der Waals surface area (Å²) >= 11 is 1.33. The van der Waals surface area contributed by atoms with Crippen LogP contribution in [-0.2, 0) is 16.1 Å². The van der Waals surface area contributed by atoms with Crippen molar-refractivity contribution >= 4 is 28.9 Å². The number of nitrogens with zero attached hydrogens (tertiary/aromatic N) is 1. The van der Waals surface area contributed by atoms with Crippen LogP contribution in [0.4, 0.5) is 5.69 Å². The monoisotopic (exact) mass is 404 g/mol. The Hall–Kier alpha value is -3.63. The van der Waals surface area contributed by atoms with E-state index < -0.39 is 18.0 Å². The average Bonchev–Trinajstić information content (AvgIpc) is 3.19. The standard InChI is InChI=1S/C22H16N2O4S/c1-13(21(25)24-16-8-6-14(11-23)7-9-16)28-22(26)19-10-15-12-27-18-5-3-2-4-17(18)20(15)29-19/h2-10,13H,12H2,1H3,(H,24,25)/t13-/m0/s1. The van der Waals surface area contributed by atoms with Crippen molar-refractivity contribution in [1.29, 1.82) is 5.26 Å². The van der Waals surface area contributed by atoms with Gasteiger partial charge in [-0.1, -0.05) is 12.1 Å². The minimum atomic E-state index is -0.971. The van der Waals surface area contributed by atoms with Gasteiger partial charge in [0.2, 0.25) is 0 Å². The zero-order chi connectivity index (χ0) is 20.4. The minimum absolute atomic E-state index is 0.394. The van der Waals surface area contributed by atoms with Crippen molar-refractivity contribution in [3.63, 3.8) is 0 Å². The molecule has 1 aliphatic heterocycles. The maximum atomic E-state index is 12.6. The Labute approximate surface area is 171 Å². The fraction of sp³-hybridized carbons (Fsp3) is 0.136. The summed E-state index contributed by atoms with van der Waals surface area (Å²) in [6.07, 6.45) is -0.971. The third-order valence-corrected chi connectivity index (χ3v) is 5.65. The second-order valence-corrected chi connectivity index (χ2v) is 7.53. The Bertz CT molecular complexity index is 1130. The Balaban J connectivity index is 1.44. The summed E-state index contributed by atoms with van der Waals surface area (Å²) in [7, 11) is 0. The number of hydrogen-bond donors (Lipinski definition) is 1. The van der Waals surface area contributed by atoms with Crippen molar-refractivity contribution in [2.75, 3.05) is 5.32 Å². The number of anilines is 1. The van der Waals surface area contributed by atoms with Crippen LogP contribution in [0.3, 0.4) is 0 Å². The Morgan fingerprint density at radius 1 is 1.21 bits per heavy atom. The quantitative estimate of drug-likeness (QED) is 0.653. The molecule has 1 aromatic heterocycles. The van der Waals surface area contributed by atoms with E-state index in [0.29, 0.717) is 22.7 Å². The first kappa shape index (κ1) is 18.7. The Morgan fingerprint density at radius 2 is 1.97 bits per heavy atom. The van der Waals surface area contributed by atoms with Gasteiger partial charge in [-0.2, -0.15) is 5.26 Å². The third kappa shape index (κ3) is 3.84. The predicted octanol–water partition coefficient (Wildman–Crippen LogP) is 4.36. The number of nitriles is 1. The second kappa shape index (κ2) is 7.78. The first-order valence-electron chi connectivity index (χ1n) is 8.92. The molecule has 0 radical (unpaired) electrons. The van der Waals surface area contributed by atoms with Crippen LogP contribution >= 0.6 is 11.3 Å². The van der Waals surface area contributed by atoms with Crippen LogP contribution in [0.15, 0.2) is 54.6 Å². The van der Waals surface area contributed by atoms with E-state index >= 15 is 0 Å². The number of rotatable bonds is 4. The van der Waals surface area contributed by atoms with Crippen LogP contribution in [0, 0.1) is 11.3 Å². The van der Waals surface area contributed by atoms with Gasteiger partial charge in [-0.25, -0.2) is 4.79 Å². The molecule has 1 atom stereocenters. The van der Waals surface area contributed by atoms with Crippen LogP contribution < -0.4 is 10.1 Å². The second-order valence-electron chi connectivity index (χ2n) is 6.48. The molecule has 0 bridgehead atoms. The fourth-order valence-corrected chi connectivity index (χ4v) is 4.02. The van der Waals surface area contributed by atoms with Gasteiger partial charge >= 0.3 is 5.97 Å². The van der Waals surface area contributed by atoms with Crippen LogP contribution in [-0.4, -0.2) is 18.0 Å². The highest BCUT2D eigenvalue weighted by Gasteiger charge is 2.25. The number of carbonyl (C=O) groups is 2. The summed E-state index contributed by atoms with van der Waals surface area (Å²) in [6.45, 7) is 1.91. The van der Waals surface area contributed by atoms with Crippen molar-refractivity contribution in [3.05, 3.63) is 70.6 Å². The predicted molar refractivity (Wildman–Crippen MR) is 109 cm³/mol. The molecule has 0 spiro atoms. The molecule has 0 unspecified atom stereocenters. The van der Waals surface area contributed by atoms with Gasteiger partial charge in [0.25, 0.3) is 5.91 Å². The summed E-state index contributed by atoms with van der Waals surface area (Å²) in [5.74, 6) is -0.209. The topological polar surface area (TPSA) is 88.4 Å². The van der Waals surface area contributed by atoms with Crippen molar-refractivity contribution in [3.8, 4) is 22.3 Å². The number of amides is 1. The van der Waals surface area contributed by atoms with Crippen molar-refractivity contribution in [2.45, 2.75) is 19.6 Å². The van der Waals surface area contributed by atoms with Gasteiger partial charge < -0.3 is 14.8 Å². The Kier molecular flexibility index (Phi) is 5.02. The van der Waals surface area contributed by atoms with E-state index in [1.807, 2.05) is 30.3 Å². The van der Waals surface area contributed by atoms with Gasteiger partial charge in [-0.3, -0.25) is 4.79 Å². The normalized spacial score (nSPS) is 12.6. The van der Waals surface area contributed by atoms with Gasteiger partial charge in [0.05, 0.1) is 11.6 Å². The maximum Gasteiger partial charge on any atom is 0.349 e. The molecule has 0 fully saturated rings. The largest absolute Gasteiger partial charge is 0.488 e. The van der Waals surface area contributed by atoms with Crippen LogP contribution in [0.5, 0.6) is 5.75 Å². The molecule has 1 aliphatic rings. The number of fused-ring (bicyclic) bond motifs is 3. The fourth-order valence-electron chi connectivity index (χ4n) is 2.94. The number of benzene rings is 2. The number of thiophene rings is 1. The number of hydrogen-bond acceptors (Lipinski definition) is 6. The summed E-state index contributed by atoms with van der Waals surface area (Å²) in [6, 6.07) is 17.9. The lowest BCUT2D eigenvalue weighted by Gasteiger charge is -2.16. The van der Waals surface area contributed by atoms with Gasteiger partial charge in [0.15, 0.2) is 6.10 Å². The van der Waals surface area contributed by atoms with Gasteiger partial charge in [-0.15, -0.1) is 11.3 Å². The molecule has 1 N–H and O–H groups in total. The number of carbonyl (C=O) groups excluding carboxylic acids is 2. The molecule has 1 amide bonds. The van der Waals surface area contributed by atoms with Gasteiger partial charge in [0, 0.05) is 21.7 Å². The molecule has 0 saturated carbocycles. The minimum Gasteiger partial charge on any atom is -0.488 e. The lowest BCUT2D eigenvalue weighted by molar-refractivity contribution is -0.123. The van der Waals surface area contributed by atoms with E-state index in [0.717, 1.165) is 21.8 Å². The molecule has 2 heterocycles. The highest BCUT2D eigenvalue weighted by atomic mass is 32.1. The molecule has 2 aromatic carbocycles. The van der Waals surface area contributed by atoms with Crippen LogP contribution in [0.25, 0.3) is 10.4 Å². The molecule has 3 aromatic rings. The first-order valence-corrected chi connectivity index (χ1v) is 9.73. The number of ether oxygens (including phenoxy) is 2. The summed E-state index contributed by atoms with van der Waals surface area (Å²) in [5, 5.41) is 11.5. The first-order chi connectivity index (χ1) is 14.0. The zero-order valence-electron chi connectivity index (χ0n) is 15.5. The van der Waals surface area contributed by atoms with E-state index in [2.05, 4.69) is 5.32 Å². The van der Waals surface area contributed by atoms with E-state index in [1.54, 1.807) is 30.3 Å². The summed E-state index contributed by atoms with van der Waals surface area (Å²) < 4.78 is 11.1. The molecule has 0 aliphatic carbocycles. The smallest absolute Gasteiger partial charge is 0.349 e. The molecule has 4 rings (SSSR count). The van der Waals surface area contributed by atoms with Crippen molar-refractivity contribution in [2.24, 2.45) is 0 Å². The van der Waals surface area contributed by atoms with E-state index in [-0.39, 0.29) is 0 Å². The lowest BCUT2D eigenvalue weighted by atomic mass is 10.1. The van der Waals surface area contributed by atoms with E-state index in [4.69, 9.17) is 14.7 Å². The SMILES string of the molecule is C[C@H](OC(=O)c1cc2c(s1)-c1ccccc1OC2)C(=O)Nc1ccc(C#N)cc1. The molecule has 0 saturated heterocycles. The molecule has 7 heteroatoms. The molecule has 6 nitrogen and oxygen atoms in total. The molecular formula is C22H16N2O4S. The summed E-state index contributed by atoms with van der Waals surface area (Å²) in [5.41, 5.74) is 2.90. The van der Waals surface area contributed by atoms with Crippen molar-refractivity contribution in [1.82, 2.24) is 0 Å². The maximum absolute atomic E-state index is 12.6. The average molecular weight is 404 g/mol. The van der Waals surface area contributed by atoms with E-state index in [1.165, 1.54) is 18.3 Å². The molecular weight excluding hydrogens is 388 g/mol. The van der Waals surface area contributed by atoms with Crippen LogP contribution in [0.1, 0.15) is 27.7 Å². The zero-order valence-corrected chi connectivity index (χ0v) is 16.3. The number of esters is 1. The van der Waals surface area contributed by atoms with Crippen LogP contribution in [0.2, 0.25) is 0 Å². The number of para-hydroxylation sites is 1. The highest BCUT2D eigenvalue weighted by molar-refractivity contribution is 7.17. The Morgan fingerprint density at radius 3 is 2.72 bits per heavy atom. The summed E-state index contributed by atoms with van der Waals surface area (Å²) in [4.78, 5) is 26.3.